The Labute approximate surface area is 85.8 Å². The fourth-order valence-corrected chi connectivity index (χ4v) is 1.71. The summed E-state index contributed by atoms with van der Waals surface area (Å²) in [5.74, 6) is 0. The summed E-state index contributed by atoms with van der Waals surface area (Å²) in [6, 6.07) is 4.28. The van der Waals surface area contributed by atoms with Crippen LogP contribution in [0.15, 0.2) is 24.4 Å². The average molecular weight is 213 g/mol. The van der Waals surface area contributed by atoms with Crippen molar-refractivity contribution in [2.24, 2.45) is 0 Å². The predicted molar refractivity (Wildman–Crippen MR) is 51.9 cm³/mol. The molecular weight excluding hydrogens is 203 g/mol. The van der Waals surface area contributed by atoms with Crippen LogP contribution in [0.4, 0.5) is 13.2 Å². The lowest BCUT2D eigenvalue weighted by atomic mass is 9.98. The van der Waals surface area contributed by atoms with Gasteiger partial charge in [0.25, 0.3) is 0 Å². The molecule has 1 aliphatic rings. The zero-order valence-electron chi connectivity index (χ0n) is 8.17. The second-order valence-electron chi connectivity index (χ2n) is 3.60. The molecule has 1 nitrogen and oxygen atoms in total. The van der Waals surface area contributed by atoms with Crippen LogP contribution in [-0.2, 0) is 12.7 Å². The summed E-state index contributed by atoms with van der Waals surface area (Å²) in [6.07, 6.45) is -0.784. The van der Waals surface area contributed by atoms with E-state index in [0.717, 1.165) is 6.07 Å². The molecule has 0 spiro atoms. The van der Waals surface area contributed by atoms with Crippen LogP contribution in [-0.4, -0.2) is 11.9 Å². The molecule has 1 aromatic carbocycles. The molecule has 80 valence electrons. The van der Waals surface area contributed by atoms with Crippen LogP contribution >= 0.6 is 0 Å². The molecule has 0 bridgehead atoms. The Bertz CT molecular complexity index is 407. The number of rotatable bonds is 0. The monoisotopic (exact) mass is 213 g/mol. The van der Waals surface area contributed by atoms with Crippen molar-refractivity contribution < 1.29 is 13.2 Å². The zero-order chi connectivity index (χ0) is 11.1. The van der Waals surface area contributed by atoms with Crippen molar-refractivity contribution in [3.05, 3.63) is 41.1 Å². The molecule has 0 aliphatic carbocycles. The molecule has 0 saturated heterocycles. The van der Waals surface area contributed by atoms with Crippen molar-refractivity contribution in [1.82, 2.24) is 4.90 Å². The third-order valence-electron chi connectivity index (χ3n) is 2.43. The molecule has 1 heterocycles. The Balaban J connectivity index is 2.55. The van der Waals surface area contributed by atoms with Crippen molar-refractivity contribution >= 4 is 6.08 Å². The molecule has 0 saturated carbocycles. The van der Waals surface area contributed by atoms with E-state index in [9.17, 15) is 13.2 Å². The average Bonchev–Trinajstić information content (AvgIpc) is 2.15. The van der Waals surface area contributed by atoms with Crippen LogP contribution in [0.1, 0.15) is 16.7 Å². The Kier molecular flexibility index (Phi) is 2.21. The second-order valence-corrected chi connectivity index (χ2v) is 3.60. The molecule has 0 atom stereocenters. The van der Waals surface area contributed by atoms with Gasteiger partial charge in [0.15, 0.2) is 0 Å². The third-order valence-corrected chi connectivity index (χ3v) is 2.43. The predicted octanol–water partition coefficient (Wildman–Crippen LogP) is 3.12. The van der Waals surface area contributed by atoms with Gasteiger partial charge in [-0.1, -0.05) is 12.1 Å². The van der Waals surface area contributed by atoms with Crippen LogP contribution in [0.5, 0.6) is 0 Å². The molecule has 2 rings (SSSR count). The van der Waals surface area contributed by atoms with Crippen LogP contribution in [0.3, 0.4) is 0 Å². The molecule has 15 heavy (non-hydrogen) atoms. The lowest BCUT2D eigenvalue weighted by molar-refractivity contribution is -0.138. The summed E-state index contributed by atoms with van der Waals surface area (Å²) >= 11 is 0. The Morgan fingerprint density at radius 1 is 1.27 bits per heavy atom. The van der Waals surface area contributed by atoms with E-state index in [2.05, 4.69) is 0 Å². The number of halogens is 3. The van der Waals surface area contributed by atoms with Crippen LogP contribution in [0.25, 0.3) is 6.08 Å². The molecule has 0 amide bonds. The van der Waals surface area contributed by atoms with E-state index in [1.54, 1.807) is 30.3 Å². The Morgan fingerprint density at radius 2 is 2.00 bits per heavy atom. The van der Waals surface area contributed by atoms with Gasteiger partial charge in [-0.25, -0.2) is 0 Å². The highest BCUT2D eigenvalue weighted by Gasteiger charge is 2.34. The first-order valence-electron chi connectivity index (χ1n) is 4.56. The van der Waals surface area contributed by atoms with E-state index < -0.39 is 11.7 Å². The van der Waals surface area contributed by atoms with Crippen molar-refractivity contribution in [2.45, 2.75) is 12.7 Å². The number of alkyl halides is 3. The molecule has 0 radical (unpaired) electrons. The highest BCUT2D eigenvalue weighted by atomic mass is 19.4. The summed E-state index contributed by atoms with van der Waals surface area (Å²) in [5.41, 5.74) is 0.481. The van der Waals surface area contributed by atoms with E-state index >= 15 is 0 Å². The first-order chi connectivity index (χ1) is 6.98. The van der Waals surface area contributed by atoms with Crippen LogP contribution < -0.4 is 0 Å². The van der Waals surface area contributed by atoms with Gasteiger partial charge in [0.2, 0.25) is 0 Å². The minimum Gasteiger partial charge on any atom is -0.376 e. The topological polar surface area (TPSA) is 3.24 Å². The molecule has 1 aliphatic heterocycles. The highest BCUT2D eigenvalue weighted by molar-refractivity contribution is 5.58. The minimum atomic E-state index is -4.27. The molecule has 1 aromatic rings. The summed E-state index contributed by atoms with van der Waals surface area (Å²) in [6.45, 7) is 0.307. The van der Waals surface area contributed by atoms with Gasteiger partial charge >= 0.3 is 6.18 Å². The fraction of sp³-hybridized carbons (Fsp3) is 0.273. The van der Waals surface area contributed by atoms with E-state index in [1.807, 2.05) is 0 Å². The Hall–Kier alpha value is -1.45. The van der Waals surface area contributed by atoms with Crippen LogP contribution in [0.2, 0.25) is 0 Å². The van der Waals surface area contributed by atoms with Gasteiger partial charge in [-0.3, -0.25) is 0 Å². The number of nitrogens with zero attached hydrogens (tertiary/aromatic N) is 1. The summed E-state index contributed by atoms with van der Waals surface area (Å²) < 4.78 is 38.0. The van der Waals surface area contributed by atoms with E-state index in [1.165, 1.54) is 6.07 Å². The summed E-state index contributed by atoms with van der Waals surface area (Å²) in [7, 11) is 1.76. The van der Waals surface area contributed by atoms with Crippen molar-refractivity contribution in [2.75, 3.05) is 7.05 Å². The van der Waals surface area contributed by atoms with Gasteiger partial charge in [-0.05, 0) is 29.5 Å². The number of fused-ring (bicyclic) bond motifs is 1. The minimum absolute atomic E-state index is 0.307. The van der Waals surface area contributed by atoms with Gasteiger partial charge < -0.3 is 4.90 Å². The van der Waals surface area contributed by atoms with E-state index in [-0.39, 0.29) is 0 Å². The molecule has 0 N–H and O–H groups in total. The molecule has 4 heteroatoms. The molecular formula is C11H10F3N. The summed E-state index contributed by atoms with van der Waals surface area (Å²) in [4.78, 5) is 1.73. The number of hydrogen-bond donors (Lipinski definition) is 0. The first kappa shape index (κ1) is 10.1. The van der Waals surface area contributed by atoms with E-state index in [4.69, 9.17) is 0 Å². The molecule has 0 unspecified atom stereocenters. The molecule has 0 fully saturated rings. The van der Waals surface area contributed by atoms with Gasteiger partial charge in [0, 0.05) is 13.6 Å². The van der Waals surface area contributed by atoms with Crippen molar-refractivity contribution in [1.29, 1.82) is 0 Å². The maximum absolute atomic E-state index is 12.7. The largest absolute Gasteiger partial charge is 0.416 e. The lowest BCUT2D eigenvalue weighted by Gasteiger charge is -2.24. The Morgan fingerprint density at radius 3 is 2.67 bits per heavy atom. The van der Waals surface area contributed by atoms with E-state index in [0.29, 0.717) is 17.7 Å². The third kappa shape index (κ3) is 1.84. The second kappa shape index (κ2) is 3.29. The SMILES string of the molecule is CN1C=Cc2cccc(C(F)(F)F)c2C1. The number of benzene rings is 1. The lowest BCUT2D eigenvalue weighted by Crippen LogP contribution is -2.19. The quantitative estimate of drug-likeness (QED) is 0.640. The van der Waals surface area contributed by atoms with Gasteiger partial charge in [-0.2, -0.15) is 13.2 Å². The van der Waals surface area contributed by atoms with Crippen LogP contribution in [0, 0.1) is 0 Å². The number of hydrogen-bond acceptors (Lipinski definition) is 1. The highest BCUT2D eigenvalue weighted by Crippen LogP contribution is 2.35. The maximum Gasteiger partial charge on any atom is 0.416 e. The first-order valence-corrected chi connectivity index (χ1v) is 4.56. The zero-order valence-corrected chi connectivity index (χ0v) is 8.17. The van der Waals surface area contributed by atoms with Gasteiger partial charge in [-0.15, -0.1) is 0 Å². The smallest absolute Gasteiger partial charge is 0.376 e. The fourth-order valence-electron chi connectivity index (χ4n) is 1.71. The standard InChI is InChI=1S/C11H10F3N/c1-15-6-5-8-3-2-4-10(9(8)7-15)11(12,13)14/h2-6H,7H2,1H3. The van der Waals surface area contributed by atoms with Crippen molar-refractivity contribution in [3.8, 4) is 0 Å². The summed E-state index contributed by atoms with van der Waals surface area (Å²) in [5, 5.41) is 0. The normalized spacial score (nSPS) is 15.3. The molecule has 0 aromatic heterocycles. The van der Waals surface area contributed by atoms with Gasteiger partial charge in [0.1, 0.15) is 0 Å². The maximum atomic E-state index is 12.7. The van der Waals surface area contributed by atoms with Crippen molar-refractivity contribution in [3.63, 3.8) is 0 Å². The van der Waals surface area contributed by atoms with Gasteiger partial charge in [0.05, 0.1) is 5.56 Å².